The SMILES string of the molecule is N#CC1c2cc(F)ccc2CCc2ccc(F)cc21. The van der Waals surface area contributed by atoms with Crippen LogP contribution >= 0.6 is 0 Å². The van der Waals surface area contributed by atoms with Crippen molar-refractivity contribution in [1.82, 2.24) is 0 Å². The van der Waals surface area contributed by atoms with Crippen molar-refractivity contribution in [2.24, 2.45) is 0 Å². The van der Waals surface area contributed by atoms with E-state index in [4.69, 9.17) is 0 Å². The fourth-order valence-corrected chi connectivity index (χ4v) is 2.70. The second kappa shape index (κ2) is 4.47. The first-order chi connectivity index (χ1) is 9.19. The third kappa shape index (κ3) is 2.00. The number of nitrogens with zero attached hydrogens (tertiary/aromatic N) is 1. The molecule has 0 saturated carbocycles. The molecule has 0 bridgehead atoms. The van der Waals surface area contributed by atoms with Gasteiger partial charge in [0.1, 0.15) is 11.6 Å². The van der Waals surface area contributed by atoms with Crippen molar-refractivity contribution >= 4 is 0 Å². The quantitative estimate of drug-likeness (QED) is 0.703. The number of hydrogen-bond acceptors (Lipinski definition) is 1. The summed E-state index contributed by atoms with van der Waals surface area (Å²) in [6.45, 7) is 0. The number of halogens is 2. The van der Waals surface area contributed by atoms with E-state index in [1.165, 1.54) is 24.3 Å². The molecule has 0 aliphatic heterocycles. The molecule has 0 spiro atoms. The van der Waals surface area contributed by atoms with E-state index in [1.54, 1.807) is 12.1 Å². The molecule has 0 atom stereocenters. The van der Waals surface area contributed by atoms with Gasteiger partial charge in [-0.15, -0.1) is 0 Å². The minimum atomic E-state index is -0.598. The van der Waals surface area contributed by atoms with Crippen LogP contribution in [0.3, 0.4) is 0 Å². The molecule has 2 aromatic rings. The van der Waals surface area contributed by atoms with Crippen molar-refractivity contribution < 1.29 is 8.78 Å². The molecule has 3 heteroatoms. The predicted octanol–water partition coefficient (Wildman–Crippen LogP) is 3.72. The van der Waals surface area contributed by atoms with Gasteiger partial charge in [0.15, 0.2) is 0 Å². The highest BCUT2D eigenvalue weighted by atomic mass is 19.1. The van der Waals surface area contributed by atoms with E-state index in [0.29, 0.717) is 11.1 Å². The number of nitriles is 1. The molecule has 1 nitrogen and oxygen atoms in total. The molecule has 0 N–H and O–H groups in total. The van der Waals surface area contributed by atoms with Crippen molar-refractivity contribution in [2.75, 3.05) is 0 Å². The van der Waals surface area contributed by atoms with Gasteiger partial charge in [0.25, 0.3) is 0 Å². The molecule has 1 aliphatic carbocycles. The number of benzene rings is 2. The highest BCUT2D eigenvalue weighted by Gasteiger charge is 2.24. The van der Waals surface area contributed by atoms with Crippen molar-refractivity contribution in [3.05, 3.63) is 70.3 Å². The zero-order valence-electron chi connectivity index (χ0n) is 10.2. The van der Waals surface area contributed by atoms with Crippen LogP contribution < -0.4 is 0 Å². The largest absolute Gasteiger partial charge is 0.207 e. The van der Waals surface area contributed by atoms with Gasteiger partial charge in [-0.05, 0) is 59.4 Å². The molecule has 0 unspecified atom stereocenters. The van der Waals surface area contributed by atoms with Crippen LogP contribution in [0.4, 0.5) is 8.78 Å². The van der Waals surface area contributed by atoms with Crippen LogP contribution in [0.1, 0.15) is 28.2 Å². The molecule has 1 aliphatic rings. The Morgan fingerprint density at radius 3 is 1.79 bits per heavy atom. The zero-order chi connectivity index (χ0) is 13.4. The first-order valence-electron chi connectivity index (χ1n) is 6.15. The second-order valence-electron chi connectivity index (χ2n) is 4.75. The molecule has 94 valence electrons. The second-order valence-corrected chi connectivity index (χ2v) is 4.75. The van der Waals surface area contributed by atoms with Crippen molar-refractivity contribution in [3.8, 4) is 6.07 Å². The van der Waals surface area contributed by atoms with Gasteiger partial charge in [-0.25, -0.2) is 8.78 Å². The van der Waals surface area contributed by atoms with Gasteiger partial charge in [0.05, 0.1) is 12.0 Å². The molecular formula is C16H11F2N. The first kappa shape index (κ1) is 11.9. The lowest BCUT2D eigenvalue weighted by molar-refractivity contribution is 0.622. The number of rotatable bonds is 0. The highest BCUT2D eigenvalue weighted by Crippen LogP contribution is 2.34. The Morgan fingerprint density at radius 1 is 0.895 bits per heavy atom. The summed E-state index contributed by atoms with van der Waals surface area (Å²) in [6, 6.07) is 11.2. The van der Waals surface area contributed by atoms with Gasteiger partial charge < -0.3 is 0 Å². The minimum absolute atomic E-state index is 0.362. The topological polar surface area (TPSA) is 23.8 Å². The smallest absolute Gasteiger partial charge is 0.123 e. The van der Waals surface area contributed by atoms with Crippen LogP contribution in [0.25, 0.3) is 0 Å². The summed E-state index contributed by atoms with van der Waals surface area (Å²) in [7, 11) is 0. The van der Waals surface area contributed by atoms with E-state index in [1.807, 2.05) is 0 Å². The molecule has 19 heavy (non-hydrogen) atoms. The van der Waals surface area contributed by atoms with Gasteiger partial charge in [0, 0.05) is 0 Å². The number of hydrogen-bond donors (Lipinski definition) is 0. The van der Waals surface area contributed by atoms with E-state index < -0.39 is 5.92 Å². The third-order valence-corrected chi connectivity index (χ3v) is 3.63. The average Bonchev–Trinajstić information content (AvgIpc) is 2.54. The standard InChI is InChI=1S/C16H11F2N/c17-12-5-3-10-1-2-11-4-6-13(18)8-15(11)16(9-19)14(10)7-12/h3-8,16H,1-2H2. The van der Waals surface area contributed by atoms with Gasteiger partial charge >= 0.3 is 0 Å². The molecule has 0 heterocycles. The van der Waals surface area contributed by atoms with Crippen LogP contribution in [0, 0.1) is 23.0 Å². The Balaban J connectivity index is 2.24. The van der Waals surface area contributed by atoms with Crippen molar-refractivity contribution in [2.45, 2.75) is 18.8 Å². The minimum Gasteiger partial charge on any atom is -0.207 e. The molecule has 2 aromatic carbocycles. The van der Waals surface area contributed by atoms with Gasteiger partial charge in [0.2, 0.25) is 0 Å². The van der Waals surface area contributed by atoms with Gasteiger partial charge in [-0.1, -0.05) is 12.1 Å². The monoisotopic (exact) mass is 255 g/mol. The Labute approximate surface area is 110 Å². The highest BCUT2D eigenvalue weighted by molar-refractivity contribution is 5.48. The average molecular weight is 255 g/mol. The Kier molecular flexibility index (Phi) is 2.79. The molecule has 0 aromatic heterocycles. The summed E-state index contributed by atoms with van der Waals surface area (Å²) in [5.41, 5.74) is 3.24. The predicted molar refractivity (Wildman–Crippen MR) is 67.7 cm³/mol. The van der Waals surface area contributed by atoms with E-state index >= 15 is 0 Å². The summed E-state index contributed by atoms with van der Waals surface area (Å²) in [4.78, 5) is 0. The van der Waals surface area contributed by atoms with E-state index in [9.17, 15) is 14.0 Å². The summed E-state index contributed by atoms with van der Waals surface area (Å²) in [6.07, 6.45) is 1.48. The lowest BCUT2D eigenvalue weighted by Crippen LogP contribution is -2.02. The number of fused-ring (bicyclic) bond motifs is 2. The molecule has 3 rings (SSSR count). The maximum absolute atomic E-state index is 13.4. The Hall–Kier alpha value is -2.21. The van der Waals surface area contributed by atoms with E-state index in [2.05, 4.69) is 6.07 Å². The van der Waals surface area contributed by atoms with Crippen LogP contribution in [0.15, 0.2) is 36.4 Å². The van der Waals surface area contributed by atoms with Gasteiger partial charge in [-0.3, -0.25) is 0 Å². The molecule has 0 amide bonds. The van der Waals surface area contributed by atoms with Crippen molar-refractivity contribution in [1.29, 1.82) is 5.26 Å². The Bertz CT molecular complexity index is 632. The van der Waals surface area contributed by atoms with E-state index in [0.717, 1.165) is 24.0 Å². The normalized spacial score (nSPS) is 14.2. The fraction of sp³-hybridized carbons (Fsp3) is 0.188. The zero-order valence-corrected chi connectivity index (χ0v) is 10.2. The summed E-state index contributed by atoms with van der Waals surface area (Å²) in [5.74, 6) is -1.32. The molecule has 0 radical (unpaired) electrons. The fourth-order valence-electron chi connectivity index (χ4n) is 2.70. The lowest BCUT2D eigenvalue weighted by Gasteiger charge is -2.13. The maximum Gasteiger partial charge on any atom is 0.123 e. The Morgan fingerprint density at radius 2 is 1.37 bits per heavy atom. The molecular weight excluding hydrogens is 244 g/mol. The van der Waals surface area contributed by atoms with Gasteiger partial charge in [-0.2, -0.15) is 5.26 Å². The molecule has 0 fully saturated rings. The number of aryl methyl sites for hydroxylation is 2. The summed E-state index contributed by atoms with van der Waals surface area (Å²) in [5, 5.41) is 9.40. The summed E-state index contributed by atoms with van der Waals surface area (Å²) < 4.78 is 26.8. The van der Waals surface area contributed by atoms with Crippen LogP contribution in [-0.2, 0) is 12.8 Å². The van der Waals surface area contributed by atoms with Crippen LogP contribution in [-0.4, -0.2) is 0 Å². The van der Waals surface area contributed by atoms with Crippen LogP contribution in [0.2, 0.25) is 0 Å². The van der Waals surface area contributed by atoms with Crippen LogP contribution in [0.5, 0.6) is 0 Å². The molecule has 0 saturated heterocycles. The lowest BCUT2D eigenvalue weighted by atomic mass is 9.89. The van der Waals surface area contributed by atoms with E-state index in [-0.39, 0.29) is 11.6 Å². The first-order valence-corrected chi connectivity index (χ1v) is 6.15. The summed E-state index contributed by atoms with van der Waals surface area (Å²) >= 11 is 0. The third-order valence-electron chi connectivity index (χ3n) is 3.63. The van der Waals surface area contributed by atoms with Crippen molar-refractivity contribution in [3.63, 3.8) is 0 Å². The maximum atomic E-state index is 13.4.